The highest BCUT2D eigenvalue weighted by Gasteiger charge is 2.31. The molecule has 2 aromatic rings. The van der Waals surface area contributed by atoms with Crippen molar-refractivity contribution in [2.24, 2.45) is 0 Å². The third kappa shape index (κ3) is 3.15. The molecule has 3 aliphatic rings. The van der Waals surface area contributed by atoms with Crippen LogP contribution in [-0.2, 0) is 0 Å². The summed E-state index contributed by atoms with van der Waals surface area (Å²) in [6.45, 7) is 4.29. The summed E-state index contributed by atoms with van der Waals surface area (Å²) in [4.78, 5) is 13.9. The molecule has 3 fully saturated rings. The van der Waals surface area contributed by atoms with Gasteiger partial charge in [-0.2, -0.15) is 0 Å². The molecule has 26 heavy (non-hydrogen) atoms. The zero-order chi connectivity index (χ0) is 17.3. The van der Waals surface area contributed by atoms with E-state index in [-0.39, 0.29) is 0 Å². The third-order valence-electron chi connectivity index (χ3n) is 6.04. The Hall–Kier alpha value is -2.18. The second-order valence-electron chi connectivity index (χ2n) is 7.87. The Morgan fingerprint density at radius 2 is 1.50 bits per heavy atom. The summed E-state index contributed by atoms with van der Waals surface area (Å²) in [5.41, 5.74) is 0. The first-order valence-electron chi connectivity index (χ1n) is 10.1. The van der Waals surface area contributed by atoms with Crippen molar-refractivity contribution in [3.05, 3.63) is 24.5 Å². The molecule has 4 heterocycles. The molecule has 7 heteroatoms. The number of nitrogens with zero attached hydrogens (tertiary/aromatic N) is 7. The molecule has 0 radical (unpaired) electrons. The van der Waals surface area contributed by atoms with Gasteiger partial charge in [-0.25, -0.2) is 9.97 Å². The number of hydrogen-bond donors (Lipinski definition) is 0. The monoisotopic (exact) mass is 353 g/mol. The van der Waals surface area contributed by atoms with Crippen molar-refractivity contribution in [2.75, 3.05) is 36.0 Å². The maximum atomic E-state index is 4.56. The van der Waals surface area contributed by atoms with Gasteiger partial charge in [0, 0.05) is 44.2 Å². The maximum Gasteiger partial charge on any atom is 0.136 e. The van der Waals surface area contributed by atoms with E-state index < -0.39 is 0 Å². The molecule has 0 aromatic carbocycles. The van der Waals surface area contributed by atoms with E-state index in [2.05, 4.69) is 40.6 Å². The van der Waals surface area contributed by atoms with Crippen molar-refractivity contribution in [3.8, 4) is 0 Å². The number of piperidine rings is 2. The SMILES string of the molecule is c1nc(N2CCCCC2)cc(N2CCC(c3nncn3C3CC3)CC2)n1. The second-order valence-corrected chi connectivity index (χ2v) is 7.87. The molecule has 0 atom stereocenters. The normalized spacial score (nSPS) is 22.0. The van der Waals surface area contributed by atoms with E-state index in [4.69, 9.17) is 0 Å². The molecular weight excluding hydrogens is 326 g/mol. The van der Waals surface area contributed by atoms with Crippen LogP contribution in [0.5, 0.6) is 0 Å². The Morgan fingerprint density at radius 1 is 0.808 bits per heavy atom. The van der Waals surface area contributed by atoms with E-state index in [1.54, 1.807) is 6.33 Å². The van der Waals surface area contributed by atoms with Crippen molar-refractivity contribution in [3.63, 3.8) is 0 Å². The average Bonchev–Trinajstić information content (AvgIpc) is 3.45. The van der Waals surface area contributed by atoms with Crippen LogP contribution in [0.15, 0.2) is 18.7 Å². The fourth-order valence-electron chi connectivity index (χ4n) is 4.35. The molecule has 0 unspecified atom stereocenters. The molecule has 2 aliphatic heterocycles. The lowest BCUT2D eigenvalue weighted by Crippen LogP contribution is -2.35. The summed E-state index contributed by atoms with van der Waals surface area (Å²) in [7, 11) is 0. The molecule has 0 N–H and O–H groups in total. The highest BCUT2D eigenvalue weighted by atomic mass is 15.3. The van der Waals surface area contributed by atoms with Crippen LogP contribution in [0.25, 0.3) is 0 Å². The van der Waals surface area contributed by atoms with Crippen molar-refractivity contribution < 1.29 is 0 Å². The van der Waals surface area contributed by atoms with Gasteiger partial charge in [0.15, 0.2) is 0 Å². The molecule has 0 spiro atoms. The van der Waals surface area contributed by atoms with Crippen LogP contribution in [0.1, 0.15) is 62.7 Å². The van der Waals surface area contributed by atoms with Gasteiger partial charge in [0.2, 0.25) is 0 Å². The fraction of sp³-hybridized carbons (Fsp3) is 0.684. The molecule has 2 aromatic heterocycles. The molecule has 2 saturated heterocycles. The van der Waals surface area contributed by atoms with Crippen molar-refractivity contribution >= 4 is 11.6 Å². The Labute approximate surface area is 154 Å². The lowest BCUT2D eigenvalue weighted by atomic mass is 9.96. The Morgan fingerprint density at radius 3 is 2.19 bits per heavy atom. The van der Waals surface area contributed by atoms with Gasteiger partial charge in [-0.1, -0.05) is 0 Å². The van der Waals surface area contributed by atoms with Gasteiger partial charge < -0.3 is 14.4 Å². The summed E-state index contributed by atoms with van der Waals surface area (Å²) in [6, 6.07) is 2.84. The van der Waals surface area contributed by atoms with E-state index in [0.717, 1.165) is 50.7 Å². The quantitative estimate of drug-likeness (QED) is 0.842. The van der Waals surface area contributed by atoms with Gasteiger partial charge in [0.1, 0.15) is 30.1 Å². The van der Waals surface area contributed by atoms with Crippen LogP contribution in [0.2, 0.25) is 0 Å². The summed E-state index contributed by atoms with van der Waals surface area (Å²) in [6.07, 6.45) is 12.3. The van der Waals surface area contributed by atoms with Crippen LogP contribution in [0.4, 0.5) is 11.6 Å². The third-order valence-corrected chi connectivity index (χ3v) is 6.04. The Bertz CT molecular complexity index is 740. The number of anilines is 2. The minimum Gasteiger partial charge on any atom is -0.356 e. The van der Waals surface area contributed by atoms with Crippen LogP contribution in [-0.4, -0.2) is 50.9 Å². The number of rotatable bonds is 4. The zero-order valence-electron chi connectivity index (χ0n) is 15.3. The number of hydrogen-bond acceptors (Lipinski definition) is 6. The van der Waals surface area contributed by atoms with Crippen molar-refractivity contribution in [1.82, 2.24) is 24.7 Å². The summed E-state index contributed by atoms with van der Waals surface area (Å²) in [5.74, 6) is 3.88. The van der Waals surface area contributed by atoms with Gasteiger partial charge >= 0.3 is 0 Å². The zero-order valence-corrected chi connectivity index (χ0v) is 15.3. The van der Waals surface area contributed by atoms with Crippen molar-refractivity contribution in [1.29, 1.82) is 0 Å². The molecule has 1 saturated carbocycles. The van der Waals surface area contributed by atoms with Crippen LogP contribution in [0.3, 0.4) is 0 Å². The summed E-state index contributed by atoms with van der Waals surface area (Å²) >= 11 is 0. The smallest absolute Gasteiger partial charge is 0.136 e. The van der Waals surface area contributed by atoms with E-state index >= 15 is 0 Å². The van der Waals surface area contributed by atoms with E-state index in [9.17, 15) is 0 Å². The van der Waals surface area contributed by atoms with Gasteiger partial charge in [-0.15, -0.1) is 10.2 Å². The van der Waals surface area contributed by atoms with E-state index in [1.807, 2.05) is 6.33 Å². The molecule has 0 amide bonds. The molecule has 0 bridgehead atoms. The van der Waals surface area contributed by atoms with Gasteiger partial charge in [-0.3, -0.25) is 0 Å². The lowest BCUT2D eigenvalue weighted by Gasteiger charge is -2.33. The van der Waals surface area contributed by atoms with Crippen LogP contribution >= 0.6 is 0 Å². The molecule has 7 nitrogen and oxygen atoms in total. The topological polar surface area (TPSA) is 63.0 Å². The van der Waals surface area contributed by atoms with Gasteiger partial charge in [0.05, 0.1) is 0 Å². The predicted molar refractivity (Wildman–Crippen MR) is 101 cm³/mol. The fourth-order valence-corrected chi connectivity index (χ4v) is 4.35. The molecule has 138 valence electrons. The largest absolute Gasteiger partial charge is 0.356 e. The van der Waals surface area contributed by atoms with Crippen LogP contribution in [0, 0.1) is 0 Å². The van der Waals surface area contributed by atoms with Crippen molar-refractivity contribution in [2.45, 2.75) is 56.9 Å². The second kappa shape index (κ2) is 6.85. The van der Waals surface area contributed by atoms with Crippen LogP contribution < -0.4 is 9.80 Å². The maximum absolute atomic E-state index is 4.56. The number of aromatic nitrogens is 5. The standard InChI is InChI=1S/C19H27N7/c1-2-8-24(9-3-1)17-12-18(21-13-20-17)25-10-6-15(7-11-25)19-23-22-14-26(19)16-4-5-16/h12-16H,1-11H2. The van der Waals surface area contributed by atoms with Gasteiger partial charge in [0.25, 0.3) is 0 Å². The minimum atomic E-state index is 0.526. The first kappa shape index (κ1) is 16.0. The highest BCUT2D eigenvalue weighted by molar-refractivity contribution is 5.50. The Balaban J connectivity index is 1.26. The van der Waals surface area contributed by atoms with Gasteiger partial charge in [-0.05, 0) is 44.9 Å². The molecule has 1 aliphatic carbocycles. The molecular formula is C19H27N7. The first-order chi connectivity index (χ1) is 12.9. The Kier molecular flexibility index (Phi) is 4.22. The highest BCUT2D eigenvalue weighted by Crippen LogP contribution is 2.38. The minimum absolute atomic E-state index is 0.526. The summed E-state index contributed by atoms with van der Waals surface area (Å²) in [5, 5.41) is 8.61. The average molecular weight is 353 g/mol. The molecule has 5 rings (SSSR count). The first-order valence-corrected chi connectivity index (χ1v) is 10.1. The predicted octanol–water partition coefficient (Wildman–Crippen LogP) is 2.78. The van der Waals surface area contributed by atoms with E-state index in [0.29, 0.717) is 12.0 Å². The van der Waals surface area contributed by atoms with E-state index in [1.165, 1.54) is 37.9 Å². The lowest BCUT2D eigenvalue weighted by molar-refractivity contribution is 0.463. The summed E-state index contributed by atoms with van der Waals surface area (Å²) < 4.78 is 2.32.